The molecule has 0 fully saturated rings. The Morgan fingerprint density at radius 2 is 2.19 bits per heavy atom. The highest BCUT2D eigenvalue weighted by Gasteiger charge is 2.27. The first-order valence-corrected chi connectivity index (χ1v) is 6.35. The Morgan fingerprint density at radius 1 is 1.38 bits per heavy atom. The number of fused-ring (bicyclic) bond motifs is 1. The Labute approximate surface area is 102 Å². The van der Waals surface area contributed by atoms with E-state index in [0.29, 0.717) is 6.04 Å². The summed E-state index contributed by atoms with van der Waals surface area (Å²) in [4.78, 5) is 0. The van der Waals surface area contributed by atoms with Gasteiger partial charge in [-0.15, -0.1) is 0 Å². The van der Waals surface area contributed by atoms with Crippen LogP contribution < -0.4 is 10.1 Å². The molecule has 0 radical (unpaired) electrons. The van der Waals surface area contributed by atoms with Gasteiger partial charge in [0.15, 0.2) is 0 Å². The summed E-state index contributed by atoms with van der Waals surface area (Å²) in [6.07, 6.45) is 3.58. The molecule has 2 unspecified atom stereocenters. The molecule has 2 nitrogen and oxygen atoms in total. The average molecular weight is 240 g/mol. The SMILES string of the molecule is CCCC1Oc2ccc(Cl)cc2NC1CC. The van der Waals surface area contributed by atoms with Crippen LogP contribution in [0.5, 0.6) is 5.75 Å². The van der Waals surface area contributed by atoms with E-state index >= 15 is 0 Å². The van der Waals surface area contributed by atoms with E-state index in [4.69, 9.17) is 16.3 Å². The van der Waals surface area contributed by atoms with Gasteiger partial charge in [0.05, 0.1) is 11.7 Å². The molecule has 0 aliphatic carbocycles. The van der Waals surface area contributed by atoms with Crippen LogP contribution in [0.1, 0.15) is 33.1 Å². The van der Waals surface area contributed by atoms with E-state index < -0.39 is 0 Å². The Hall–Kier alpha value is -0.890. The average Bonchev–Trinajstić information content (AvgIpc) is 2.29. The summed E-state index contributed by atoms with van der Waals surface area (Å²) in [5, 5.41) is 4.26. The van der Waals surface area contributed by atoms with E-state index in [2.05, 4.69) is 19.2 Å². The molecule has 1 aliphatic rings. The molecule has 2 atom stereocenters. The fourth-order valence-corrected chi connectivity index (χ4v) is 2.34. The van der Waals surface area contributed by atoms with Crippen LogP contribution in [0.4, 0.5) is 5.69 Å². The van der Waals surface area contributed by atoms with E-state index in [1.54, 1.807) is 0 Å². The van der Waals surface area contributed by atoms with Crippen molar-refractivity contribution in [2.75, 3.05) is 5.32 Å². The molecule has 88 valence electrons. The second kappa shape index (κ2) is 4.96. The van der Waals surface area contributed by atoms with Crippen molar-refractivity contribution < 1.29 is 4.74 Å². The highest BCUT2D eigenvalue weighted by atomic mass is 35.5. The highest BCUT2D eigenvalue weighted by molar-refractivity contribution is 6.30. The lowest BCUT2D eigenvalue weighted by molar-refractivity contribution is 0.155. The predicted molar refractivity (Wildman–Crippen MR) is 68.5 cm³/mol. The first-order valence-electron chi connectivity index (χ1n) is 5.97. The topological polar surface area (TPSA) is 21.3 Å². The number of hydrogen-bond donors (Lipinski definition) is 1. The number of halogens is 1. The molecule has 0 bridgehead atoms. The van der Waals surface area contributed by atoms with Gasteiger partial charge in [-0.1, -0.05) is 31.9 Å². The molecule has 2 rings (SSSR count). The highest BCUT2D eigenvalue weighted by Crippen LogP contribution is 2.35. The van der Waals surface area contributed by atoms with Gasteiger partial charge in [-0.2, -0.15) is 0 Å². The van der Waals surface area contributed by atoms with Gasteiger partial charge in [0, 0.05) is 5.02 Å². The summed E-state index contributed by atoms with van der Waals surface area (Å²) < 4.78 is 6.01. The molecular formula is C13H18ClNO. The molecular weight excluding hydrogens is 222 g/mol. The number of nitrogens with one attached hydrogen (secondary N) is 1. The van der Waals surface area contributed by atoms with Gasteiger partial charge in [-0.05, 0) is 31.0 Å². The molecule has 16 heavy (non-hydrogen) atoms. The summed E-state index contributed by atoms with van der Waals surface area (Å²) >= 11 is 5.97. The van der Waals surface area contributed by atoms with Crippen LogP contribution in [0.2, 0.25) is 5.02 Å². The first kappa shape index (κ1) is 11.6. The van der Waals surface area contributed by atoms with Gasteiger partial charge < -0.3 is 10.1 Å². The van der Waals surface area contributed by atoms with Crippen molar-refractivity contribution in [2.24, 2.45) is 0 Å². The lowest BCUT2D eigenvalue weighted by Crippen LogP contribution is -2.40. The molecule has 1 aromatic rings. The second-order valence-corrected chi connectivity index (χ2v) is 4.68. The third kappa shape index (κ3) is 2.27. The Balaban J connectivity index is 2.23. The monoisotopic (exact) mass is 239 g/mol. The van der Waals surface area contributed by atoms with E-state index in [1.165, 1.54) is 0 Å². The van der Waals surface area contributed by atoms with Crippen LogP contribution >= 0.6 is 11.6 Å². The van der Waals surface area contributed by atoms with Crippen LogP contribution in [0.3, 0.4) is 0 Å². The molecule has 1 aromatic carbocycles. The zero-order valence-corrected chi connectivity index (χ0v) is 10.6. The van der Waals surface area contributed by atoms with E-state index in [1.807, 2.05) is 18.2 Å². The van der Waals surface area contributed by atoms with Crippen molar-refractivity contribution in [3.63, 3.8) is 0 Å². The van der Waals surface area contributed by atoms with Gasteiger partial charge >= 0.3 is 0 Å². The summed E-state index contributed by atoms with van der Waals surface area (Å²) in [6.45, 7) is 4.37. The molecule has 0 saturated carbocycles. The third-order valence-corrected chi connectivity index (χ3v) is 3.26. The Kier molecular flexibility index (Phi) is 3.59. The molecule has 1 N–H and O–H groups in total. The first-order chi connectivity index (χ1) is 7.74. The molecule has 1 heterocycles. The van der Waals surface area contributed by atoms with E-state index in [0.717, 1.165) is 35.7 Å². The smallest absolute Gasteiger partial charge is 0.143 e. The Bertz CT molecular complexity index is 367. The summed E-state index contributed by atoms with van der Waals surface area (Å²) in [6, 6.07) is 6.14. The van der Waals surface area contributed by atoms with Crippen LogP contribution in [0.25, 0.3) is 0 Å². The van der Waals surface area contributed by atoms with Gasteiger partial charge in [0.25, 0.3) is 0 Å². The maximum absolute atomic E-state index is 6.01. The molecule has 0 spiro atoms. The standard InChI is InChI=1S/C13H18ClNO/c1-3-5-12-10(4-2)15-11-8-9(14)6-7-13(11)16-12/h6-8,10,12,15H,3-5H2,1-2H3. The molecule has 0 saturated heterocycles. The second-order valence-electron chi connectivity index (χ2n) is 4.24. The van der Waals surface area contributed by atoms with Crippen molar-refractivity contribution >= 4 is 17.3 Å². The van der Waals surface area contributed by atoms with Gasteiger partial charge in [-0.25, -0.2) is 0 Å². The summed E-state index contributed by atoms with van der Waals surface area (Å²) in [5.74, 6) is 0.924. The van der Waals surface area contributed by atoms with Gasteiger partial charge in [-0.3, -0.25) is 0 Å². The lowest BCUT2D eigenvalue weighted by Gasteiger charge is -2.34. The lowest BCUT2D eigenvalue weighted by atomic mass is 10.0. The van der Waals surface area contributed by atoms with Gasteiger partial charge in [0.1, 0.15) is 11.9 Å². The molecule has 1 aliphatic heterocycles. The van der Waals surface area contributed by atoms with E-state index in [9.17, 15) is 0 Å². The number of benzene rings is 1. The number of hydrogen-bond acceptors (Lipinski definition) is 2. The zero-order valence-electron chi connectivity index (χ0n) is 9.79. The predicted octanol–water partition coefficient (Wildman–Crippen LogP) is 4.09. The van der Waals surface area contributed by atoms with Crippen LogP contribution in [-0.2, 0) is 0 Å². The van der Waals surface area contributed by atoms with Crippen LogP contribution in [0.15, 0.2) is 18.2 Å². The maximum Gasteiger partial charge on any atom is 0.143 e. The van der Waals surface area contributed by atoms with Crippen LogP contribution in [0, 0.1) is 0 Å². The summed E-state index contributed by atoms with van der Waals surface area (Å²) in [7, 11) is 0. The van der Waals surface area contributed by atoms with Gasteiger partial charge in [0.2, 0.25) is 0 Å². The minimum absolute atomic E-state index is 0.281. The number of rotatable bonds is 3. The largest absolute Gasteiger partial charge is 0.486 e. The van der Waals surface area contributed by atoms with Crippen molar-refractivity contribution in [3.8, 4) is 5.75 Å². The summed E-state index contributed by atoms with van der Waals surface area (Å²) in [5.41, 5.74) is 1.02. The van der Waals surface area contributed by atoms with Crippen molar-refractivity contribution in [1.82, 2.24) is 0 Å². The quantitative estimate of drug-likeness (QED) is 0.858. The van der Waals surface area contributed by atoms with E-state index in [-0.39, 0.29) is 6.10 Å². The molecule has 3 heteroatoms. The molecule has 0 amide bonds. The fourth-order valence-electron chi connectivity index (χ4n) is 2.17. The minimum Gasteiger partial charge on any atom is -0.486 e. The normalized spacial score (nSPS) is 23.2. The van der Waals surface area contributed by atoms with Crippen molar-refractivity contribution in [1.29, 1.82) is 0 Å². The number of anilines is 1. The third-order valence-electron chi connectivity index (χ3n) is 3.02. The van der Waals surface area contributed by atoms with Crippen molar-refractivity contribution in [3.05, 3.63) is 23.2 Å². The fraction of sp³-hybridized carbons (Fsp3) is 0.538. The Morgan fingerprint density at radius 3 is 2.88 bits per heavy atom. The number of ether oxygens (including phenoxy) is 1. The minimum atomic E-state index is 0.281. The maximum atomic E-state index is 6.01. The zero-order chi connectivity index (χ0) is 11.5. The molecule has 0 aromatic heterocycles. The van der Waals surface area contributed by atoms with Crippen LogP contribution in [-0.4, -0.2) is 12.1 Å². The van der Waals surface area contributed by atoms with Crippen molar-refractivity contribution in [2.45, 2.75) is 45.3 Å².